The number of ether oxygens (including phenoxy) is 2. The third-order valence-electron chi connectivity index (χ3n) is 4.72. The van der Waals surface area contributed by atoms with Crippen LogP contribution in [0.15, 0.2) is 30.4 Å². The van der Waals surface area contributed by atoms with Crippen LogP contribution in [-0.2, 0) is 20.9 Å². The zero-order valence-corrected chi connectivity index (χ0v) is 20.9. The first-order valence-corrected chi connectivity index (χ1v) is 11.4. The number of rotatable bonds is 13. The van der Waals surface area contributed by atoms with E-state index in [9.17, 15) is 14.4 Å². The Morgan fingerprint density at radius 3 is 2.42 bits per heavy atom. The number of unbranched alkanes of at least 4 members (excludes halogenated alkanes) is 2. The lowest BCUT2D eigenvalue weighted by Crippen LogP contribution is -2.44. The molecule has 0 heterocycles. The van der Waals surface area contributed by atoms with Crippen molar-refractivity contribution in [3.63, 3.8) is 0 Å². The number of carbonyl (C=O) groups is 3. The monoisotopic (exact) mass is 462 g/mol. The number of likely N-dealkylation sites (N-methyl/N-ethyl adjacent to an activating group) is 1. The molecule has 0 aliphatic rings. The van der Waals surface area contributed by atoms with Crippen LogP contribution in [0.25, 0.3) is 0 Å². The van der Waals surface area contributed by atoms with Gasteiger partial charge in [0.25, 0.3) is 0 Å². The standard InChI is InChI=1S/C25H39N3O5/c1-19(2)11-9-7-8-10-12-23(29)27-18-20-13-14-21(22(17-20)32-6)33-25(31)24(30)26-15-16-28(3,4)5/h9,11,13-14,17,19H,7-8,10,12,15-16,18H2,1-6H3,(H-,26,27,29,30)/p+1/b11-9+. The number of amides is 2. The number of nitrogens with zero attached hydrogens (tertiary/aromatic N) is 1. The number of allylic oxidation sites excluding steroid dienone is 2. The van der Waals surface area contributed by atoms with Crippen molar-refractivity contribution >= 4 is 17.8 Å². The first-order chi connectivity index (χ1) is 15.5. The van der Waals surface area contributed by atoms with Gasteiger partial charge in [-0.3, -0.25) is 9.59 Å². The van der Waals surface area contributed by atoms with Crippen molar-refractivity contribution in [2.24, 2.45) is 5.92 Å². The minimum Gasteiger partial charge on any atom is -0.493 e. The average molecular weight is 463 g/mol. The van der Waals surface area contributed by atoms with Gasteiger partial charge < -0.3 is 24.6 Å². The maximum absolute atomic E-state index is 12.1. The largest absolute Gasteiger partial charge is 0.493 e. The van der Waals surface area contributed by atoms with E-state index in [1.54, 1.807) is 18.2 Å². The van der Waals surface area contributed by atoms with Crippen LogP contribution in [-0.4, -0.2) is 63.6 Å². The smallest absolute Gasteiger partial charge is 0.402 e. The van der Waals surface area contributed by atoms with Crippen molar-refractivity contribution in [1.82, 2.24) is 10.6 Å². The van der Waals surface area contributed by atoms with Gasteiger partial charge in [-0.15, -0.1) is 0 Å². The molecule has 0 saturated carbocycles. The Morgan fingerprint density at radius 1 is 1.06 bits per heavy atom. The van der Waals surface area contributed by atoms with Crippen LogP contribution in [0.4, 0.5) is 0 Å². The maximum atomic E-state index is 12.1. The minimum atomic E-state index is -1.00. The molecule has 0 aromatic heterocycles. The van der Waals surface area contributed by atoms with E-state index in [4.69, 9.17) is 9.47 Å². The average Bonchev–Trinajstić information content (AvgIpc) is 2.74. The minimum absolute atomic E-state index is 0.0112. The molecule has 184 valence electrons. The van der Waals surface area contributed by atoms with Gasteiger partial charge in [-0.2, -0.15) is 0 Å². The Labute approximate surface area is 197 Å². The zero-order chi connectivity index (χ0) is 24.9. The Hall–Kier alpha value is -2.87. The van der Waals surface area contributed by atoms with Gasteiger partial charge >= 0.3 is 11.9 Å². The van der Waals surface area contributed by atoms with Gasteiger partial charge in [-0.05, 0) is 42.9 Å². The first kappa shape index (κ1) is 28.2. The second kappa shape index (κ2) is 14.3. The summed E-state index contributed by atoms with van der Waals surface area (Å²) in [5, 5.41) is 5.44. The predicted molar refractivity (Wildman–Crippen MR) is 129 cm³/mol. The summed E-state index contributed by atoms with van der Waals surface area (Å²) in [6.07, 6.45) is 7.62. The van der Waals surface area contributed by atoms with Crippen molar-refractivity contribution in [3.8, 4) is 11.5 Å². The maximum Gasteiger partial charge on any atom is 0.402 e. The van der Waals surface area contributed by atoms with E-state index in [0.717, 1.165) is 24.8 Å². The molecule has 0 unspecified atom stereocenters. The van der Waals surface area contributed by atoms with E-state index in [2.05, 4.69) is 36.6 Å². The van der Waals surface area contributed by atoms with Crippen LogP contribution in [0.2, 0.25) is 0 Å². The molecule has 0 bridgehead atoms. The lowest BCUT2D eigenvalue weighted by atomic mass is 10.1. The molecule has 0 fully saturated rings. The molecular weight excluding hydrogens is 422 g/mol. The highest BCUT2D eigenvalue weighted by molar-refractivity contribution is 6.33. The summed E-state index contributed by atoms with van der Waals surface area (Å²) in [5.41, 5.74) is 0.798. The van der Waals surface area contributed by atoms with Crippen molar-refractivity contribution in [3.05, 3.63) is 35.9 Å². The summed E-state index contributed by atoms with van der Waals surface area (Å²) in [7, 11) is 7.42. The van der Waals surface area contributed by atoms with Crippen LogP contribution in [0.5, 0.6) is 11.5 Å². The van der Waals surface area contributed by atoms with Crippen LogP contribution in [0.3, 0.4) is 0 Å². The number of carbonyl (C=O) groups excluding carboxylic acids is 3. The number of hydrogen-bond acceptors (Lipinski definition) is 5. The normalized spacial score (nSPS) is 11.5. The highest BCUT2D eigenvalue weighted by atomic mass is 16.6. The molecule has 0 spiro atoms. The van der Waals surface area contributed by atoms with E-state index in [1.807, 2.05) is 21.1 Å². The molecule has 33 heavy (non-hydrogen) atoms. The lowest BCUT2D eigenvalue weighted by Gasteiger charge is -2.23. The summed E-state index contributed by atoms with van der Waals surface area (Å²) in [6, 6.07) is 4.95. The molecule has 1 rings (SSSR count). The van der Waals surface area contributed by atoms with Gasteiger partial charge in [0.15, 0.2) is 11.5 Å². The van der Waals surface area contributed by atoms with Crippen molar-refractivity contribution < 1.29 is 28.3 Å². The third kappa shape index (κ3) is 12.7. The summed E-state index contributed by atoms with van der Waals surface area (Å²) in [6.45, 7) is 5.66. The Bertz CT molecular complexity index is 813. The first-order valence-electron chi connectivity index (χ1n) is 11.4. The lowest BCUT2D eigenvalue weighted by molar-refractivity contribution is -0.869. The SMILES string of the molecule is COc1cc(CNC(=O)CCCC/C=C/C(C)C)ccc1OC(=O)C(=O)NCC[N+](C)(C)C. The van der Waals surface area contributed by atoms with Gasteiger partial charge in [0.2, 0.25) is 5.91 Å². The summed E-state index contributed by atoms with van der Waals surface area (Å²) >= 11 is 0. The fourth-order valence-corrected chi connectivity index (χ4v) is 2.83. The fourth-order valence-electron chi connectivity index (χ4n) is 2.83. The second-order valence-corrected chi connectivity index (χ2v) is 9.34. The molecule has 0 aliphatic carbocycles. The van der Waals surface area contributed by atoms with Crippen molar-refractivity contribution in [2.75, 3.05) is 41.3 Å². The summed E-state index contributed by atoms with van der Waals surface area (Å²) in [5.74, 6) is -0.807. The van der Waals surface area contributed by atoms with Crippen molar-refractivity contribution in [1.29, 1.82) is 0 Å². The Morgan fingerprint density at radius 2 is 1.79 bits per heavy atom. The van der Waals surface area contributed by atoms with Gasteiger partial charge in [-0.1, -0.05) is 32.1 Å². The third-order valence-corrected chi connectivity index (χ3v) is 4.72. The summed E-state index contributed by atoms with van der Waals surface area (Å²) in [4.78, 5) is 36.1. The fraction of sp³-hybridized carbons (Fsp3) is 0.560. The molecule has 2 N–H and O–H groups in total. The quantitative estimate of drug-likeness (QED) is 0.117. The van der Waals surface area contributed by atoms with Crippen LogP contribution in [0, 0.1) is 5.92 Å². The van der Waals surface area contributed by atoms with Gasteiger partial charge in [-0.25, -0.2) is 4.79 Å². The molecule has 2 amide bonds. The zero-order valence-electron chi connectivity index (χ0n) is 20.9. The molecule has 0 aliphatic heterocycles. The van der Waals surface area contributed by atoms with Crippen LogP contribution >= 0.6 is 0 Å². The predicted octanol–water partition coefficient (Wildman–Crippen LogP) is 2.81. The number of hydrogen-bond donors (Lipinski definition) is 2. The molecule has 1 aromatic rings. The van der Waals surface area contributed by atoms with E-state index >= 15 is 0 Å². The number of benzene rings is 1. The second-order valence-electron chi connectivity index (χ2n) is 9.34. The highest BCUT2D eigenvalue weighted by Gasteiger charge is 2.19. The molecule has 0 radical (unpaired) electrons. The van der Waals surface area contributed by atoms with Gasteiger partial charge in [0.1, 0.15) is 0 Å². The molecule has 0 atom stereocenters. The highest BCUT2D eigenvalue weighted by Crippen LogP contribution is 2.28. The molecular formula is C25H40N3O5+. The van der Waals surface area contributed by atoms with Crippen LogP contribution in [0.1, 0.15) is 45.1 Å². The molecule has 8 nitrogen and oxygen atoms in total. The molecule has 1 aromatic carbocycles. The number of nitrogens with one attached hydrogen (secondary N) is 2. The topological polar surface area (TPSA) is 93.7 Å². The number of esters is 1. The van der Waals surface area contributed by atoms with E-state index in [1.165, 1.54) is 7.11 Å². The number of methoxy groups -OCH3 is 1. The van der Waals surface area contributed by atoms with Gasteiger partial charge in [0, 0.05) is 13.0 Å². The van der Waals surface area contributed by atoms with Gasteiger partial charge in [0.05, 0.1) is 41.3 Å². The van der Waals surface area contributed by atoms with E-state index in [0.29, 0.717) is 42.2 Å². The van der Waals surface area contributed by atoms with E-state index < -0.39 is 11.9 Å². The Kier molecular flexibility index (Phi) is 12.2. The summed E-state index contributed by atoms with van der Waals surface area (Å²) < 4.78 is 11.1. The Balaban J connectivity index is 2.48. The molecule has 0 saturated heterocycles. The van der Waals surface area contributed by atoms with Crippen LogP contribution < -0.4 is 20.1 Å². The molecule has 8 heteroatoms. The van der Waals surface area contributed by atoms with E-state index in [-0.39, 0.29) is 11.7 Å². The van der Waals surface area contributed by atoms with Crippen molar-refractivity contribution in [2.45, 2.75) is 46.1 Å². The number of quaternary nitrogens is 1.